The van der Waals surface area contributed by atoms with Crippen molar-refractivity contribution in [2.45, 2.75) is 36.0 Å². The molecule has 1 aliphatic carbocycles. The predicted octanol–water partition coefficient (Wildman–Crippen LogP) is 1.97. The Labute approximate surface area is 117 Å². The lowest BCUT2D eigenvalue weighted by atomic mass is 9.95. The molecule has 0 atom stereocenters. The second-order valence-corrected chi connectivity index (χ2v) is 7.10. The third-order valence-corrected chi connectivity index (χ3v) is 5.96. The minimum absolute atomic E-state index is 0.00339. The van der Waals surface area contributed by atoms with E-state index in [4.69, 9.17) is 22.1 Å². The van der Waals surface area contributed by atoms with Crippen molar-refractivity contribution in [3.8, 4) is 5.75 Å². The maximum Gasteiger partial charge on any atom is 0.186 e. The van der Waals surface area contributed by atoms with E-state index < -0.39 is 20.8 Å². The summed E-state index contributed by atoms with van der Waals surface area (Å²) >= 11 is 5.88. The maximum absolute atomic E-state index is 12.4. The summed E-state index contributed by atoms with van der Waals surface area (Å²) in [6.45, 7) is 2.42. The number of phenolic OH excluding ortho intramolecular Hbond substituents is 1. The Kier molecular flexibility index (Phi) is 3.94. The largest absolute Gasteiger partial charge is 0.504 e. The molecule has 0 spiro atoms. The van der Waals surface area contributed by atoms with Crippen molar-refractivity contribution in [1.82, 2.24) is 0 Å². The molecule has 0 saturated heterocycles. The van der Waals surface area contributed by atoms with Crippen LogP contribution in [-0.2, 0) is 14.6 Å². The predicted molar refractivity (Wildman–Crippen MR) is 73.2 cm³/mol. The standard InChI is InChI=1S/C12H16ClNO4S/c1-2-18-7-5-8(6-7)19(16,17)12-9(13)3-4-10(14)11(12)15/h3-4,7-8,15H,2,5-6,14H2,1H3/t7-,8+. The van der Waals surface area contributed by atoms with Crippen molar-refractivity contribution in [2.75, 3.05) is 12.3 Å². The number of rotatable bonds is 4. The summed E-state index contributed by atoms with van der Waals surface area (Å²) < 4.78 is 30.1. The molecule has 0 bridgehead atoms. The molecule has 0 amide bonds. The Hall–Kier alpha value is -0.980. The van der Waals surface area contributed by atoms with Gasteiger partial charge in [-0.2, -0.15) is 0 Å². The first-order valence-electron chi connectivity index (χ1n) is 6.00. The van der Waals surface area contributed by atoms with E-state index in [-0.39, 0.29) is 21.7 Å². The fourth-order valence-electron chi connectivity index (χ4n) is 2.14. The van der Waals surface area contributed by atoms with Crippen molar-refractivity contribution >= 4 is 27.1 Å². The first-order valence-corrected chi connectivity index (χ1v) is 7.92. The molecule has 1 saturated carbocycles. The van der Waals surface area contributed by atoms with Crippen LogP contribution >= 0.6 is 11.6 Å². The zero-order valence-corrected chi connectivity index (χ0v) is 12.0. The average molecular weight is 306 g/mol. The van der Waals surface area contributed by atoms with E-state index in [9.17, 15) is 13.5 Å². The zero-order chi connectivity index (χ0) is 14.2. The van der Waals surface area contributed by atoms with Gasteiger partial charge in [0, 0.05) is 6.61 Å². The lowest BCUT2D eigenvalue weighted by Crippen LogP contribution is -2.41. The Morgan fingerprint density at radius 1 is 1.47 bits per heavy atom. The highest BCUT2D eigenvalue weighted by molar-refractivity contribution is 7.92. The first kappa shape index (κ1) is 14.4. The number of nitrogen functional groups attached to an aromatic ring is 1. The topological polar surface area (TPSA) is 89.6 Å². The Morgan fingerprint density at radius 3 is 2.68 bits per heavy atom. The summed E-state index contributed by atoms with van der Waals surface area (Å²) in [4.78, 5) is -0.269. The quantitative estimate of drug-likeness (QED) is 0.655. The fourth-order valence-corrected chi connectivity index (χ4v) is 4.61. The van der Waals surface area contributed by atoms with Crippen LogP contribution in [0.2, 0.25) is 5.02 Å². The van der Waals surface area contributed by atoms with Gasteiger partial charge in [0.1, 0.15) is 4.90 Å². The van der Waals surface area contributed by atoms with E-state index in [2.05, 4.69) is 0 Å². The molecule has 1 aliphatic rings. The molecule has 0 radical (unpaired) electrons. The van der Waals surface area contributed by atoms with E-state index >= 15 is 0 Å². The molecule has 19 heavy (non-hydrogen) atoms. The second-order valence-electron chi connectivity index (χ2n) is 4.53. The van der Waals surface area contributed by atoms with Crippen LogP contribution in [0.3, 0.4) is 0 Å². The number of ether oxygens (including phenoxy) is 1. The molecule has 1 aromatic rings. The summed E-state index contributed by atoms with van der Waals surface area (Å²) in [5.41, 5.74) is 5.53. The number of benzene rings is 1. The molecule has 5 nitrogen and oxygen atoms in total. The SMILES string of the molecule is CCO[C@H]1C[C@@H](S(=O)(=O)c2c(Cl)ccc(N)c2O)C1. The van der Waals surface area contributed by atoms with Gasteiger partial charge in [0.05, 0.1) is 22.1 Å². The number of anilines is 1. The monoisotopic (exact) mass is 305 g/mol. The molecule has 0 heterocycles. The molecule has 106 valence electrons. The smallest absolute Gasteiger partial charge is 0.186 e. The van der Waals surface area contributed by atoms with Gasteiger partial charge >= 0.3 is 0 Å². The van der Waals surface area contributed by atoms with Crippen LogP contribution in [0.25, 0.3) is 0 Å². The van der Waals surface area contributed by atoms with Gasteiger partial charge in [0.2, 0.25) is 0 Å². The van der Waals surface area contributed by atoms with E-state index in [1.54, 1.807) is 0 Å². The van der Waals surface area contributed by atoms with E-state index in [0.29, 0.717) is 19.4 Å². The summed E-state index contributed by atoms with van der Waals surface area (Å²) in [7, 11) is -3.68. The van der Waals surface area contributed by atoms with Gasteiger partial charge in [0.25, 0.3) is 0 Å². The van der Waals surface area contributed by atoms with Crippen LogP contribution in [-0.4, -0.2) is 31.5 Å². The molecule has 2 rings (SSSR count). The molecular weight excluding hydrogens is 290 g/mol. The third-order valence-electron chi connectivity index (χ3n) is 3.29. The van der Waals surface area contributed by atoms with Crippen LogP contribution in [0, 0.1) is 0 Å². The minimum Gasteiger partial charge on any atom is -0.504 e. The number of hydrogen-bond acceptors (Lipinski definition) is 5. The van der Waals surface area contributed by atoms with Gasteiger partial charge in [-0.3, -0.25) is 0 Å². The Morgan fingerprint density at radius 2 is 2.11 bits per heavy atom. The van der Waals surface area contributed by atoms with Crippen molar-refractivity contribution < 1.29 is 18.3 Å². The molecule has 0 aromatic heterocycles. The van der Waals surface area contributed by atoms with Crippen LogP contribution in [0.1, 0.15) is 19.8 Å². The number of phenols is 1. The van der Waals surface area contributed by atoms with E-state index in [1.807, 2.05) is 6.92 Å². The van der Waals surface area contributed by atoms with Crippen LogP contribution in [0.15, 0.2) is 17.0 Å². The number of nitrogens with two attached hydrogens (primary N) is 1. The van der Waals surface area contributed by atoms with Gasteiger partial charge in [0.15, 0.2) is 15.6 Å². The highest BCUT2D eigenvalue weighted by atomic mass is 35.5. The van der Waals surface area contributed by atoms with Crippen LogP contribution in [0.5, 0.6) is 5.75 Å². The molecule has 1 aromatic carbocycles. The molecule has 3 N–H and O–H groups in total. The van der Waals surface area contributed by atoms with Crippen molar-refractivity contribution in [2.24, 2.45) is 0 Å². The Balaban J connectivity index is 2.30. The third kappa shape index (κ3) is 2.52. The lowest BCUT2D eigenvalue weighted by molar-refractivity contribution is 0.0122. The molecule has 1 fully saturated rings. The van der Waals surface area contributed by atoms with Crippen molar-refractivity contribution in [3.63, 3.8) is 0 Å². The molecule has 0 aliphatic heterocycles. The van der Waals surface area contributed by atoms with Gasteiger partial charge in [-0.05, 0) is 31.9 Å². The highest BCUT2D eigenvalue weighted by Gasteiger charge is 2.42. The average Bonchev–Trinajstić information content (AvgIpc) is 2.28. The number of aromatic hydroxyl groups is 1. The van der Waals surface area contributed by atoms with Crippen molar-refractivity contribution in [1.29, 1.82) is 0 Å². The van der Waals surface area contributed by atoms with Gasteiger partial charge in [-0.1, -0.05) is 11.6 Å². The zero-order valence-electron chi connectivity index (χ0n) is 10.5. The molecule has 0 unspecified atom stereocenters. The summed E-state index contributed by atoms with van der Waals surface area (Å²) in [5.74, 6) is -0.465. The van der Waals surface area contributed by atoms with Crippen molar-refractivity contribution in [3.05, 3.63) is 17.2 Å². The van der Waals surface area contributed by atoms with Crippen LogP contribution < -0.4 is 5.73 Å². The van der Waals surface area contributed by atoms with E-state index in [1.165, 1.54) is 12.1 Å². The minimum atomic E-state index is -3.68. The maximum atomic E-state index is 12.4. The van der Waals surface area contributed by atoms with Gasteiger partial charge < -0.3 is 15.6 Å². The summed E-state index contributed by atoms with van der Waals surface area (Å²) in [6.07, 6.45) is 0.799. The summed E-state index contributed by atoms with van der Waals surface area (Å²) in [5, 5.41) is 9.25. The highest BCUT2D eigenvalue weighted by Crippen LogP contribution is 2.41. The fraction of sp³-hybridized carbons (Fsp3) is 0.500. The van der Waals surface area contributed by atoms with Gasteiger partial charge in [-0.15, -0.1) is 0 Å². The van der Waals surface area contributed by atoms with E-state index in [0.717, 1.165) is 0 Å². The number of halogens is 1. The number of hydrogen-bond donors (Lipinski definition) is 2. The number of sulfone groups is 1. The normalized spacial score (nSPS) is 23.1. The Bertz CT molecular complexity index is 582. The lowest BCUT2D eigenvalue weighted by Gasteiger charge is -2.34. The van der Waals surface area contributed by atoms with Gasteiger partial charge in [-0.25, -0.2) is 8.42 Å². The van der Waals surface area contributed by atoms with Crippen LogP contribution in [0.4, 0.5) is 5.69 Å². The summed E-state index contributed by atoms with van der Waals surface area (Å²) in [6, 6.07) is 2.75. The first-order chi connectivity index (χ1) is 8.87. The second kappa shape index (κ2) is 5.19. The molecular formula is C12H16ClNO4S. The molecule has 7 heteroatoms.